The van der Waals surface area contributed by atoms with E-state index in [1.165, 1.54) is 27.6 Å². The second-order valence-electron chi connectivity index (χ2n) is 6.75. The van der Waals surface area contributed by atoms with Crippen LogP contribution >= 0.6 is 31.9 Å². The summed E-state index contributed by atoms with van der Waals surface area (Å²) in [6.07, 6.45) is 0. The summed E-state index contributed by atoms with van der Waals surface area (Å²) < 4.78 is 2.15. The van der Waals surface area contributed by atoms with Crippen molar-refractivity contribution >= 4 is 53.7 Å². The second-order valence-corrected chi connectivity index (χ2v) is 8.58. The number of aromatic nitrogens is 1. The average molecular weight is 489 g/mol. The Hall–Kier alpha value is -2.49. The zero-order valence-corrected chi connectivity index (χ0v) is 18.0. The predicted molar refractivity (Wildman–Crippen MR) is 126 cm³/mol. The minimum Gasteiger partial charge on any atom is -0.248 e. The van der Waals surface area contributed by atoms with Gasteiger partial charge in [0.1, 0.15) is 0 Å². The van der Waals surface area contributed by atoms with E-state index in [2.05, 4.69) is 117 Å². The molecule has 0 atom stereocenters. The van der Waals surface area contributed by atoms with Crippen LogP contribution in [0.1, 0.15) is 0 Å². The molecule has 4 aromatic carbocycles. The molecule has 1 heterocycles. The zero-order chi connectivity index (χ0) is 19.1. The molecule has 1 aromatic heterocycles. The summed E-state index contributed by atoms with van der Waals surface area (Å²) in [6, 6.07) is 31.9. The summed E-state index contributed by atoms with van der Waals surface area (Å²) in [6.45, 7) is 0. The fourth-order valence-electron chi connectivity index (χ4n) is 3.65. The Bertz CT molecular complexity index is 1310. The Labute approximate surface area is 180 Å². The molecule has 1 nitrogen and oxygen atoms in total. The Morgan fingerprint density at radius 1 is 0.571 bits per heavy atom. The zero-order valence-electron chi connectivity index (χ0n) is 14.9. The number of rotatable bonds is 2. The highest BCUT2D eigenvalue weighted by molar-refractivity contribution is 9.10. The number of fused-ring (bicyclic) bond motifs is 2. The molecule has 5 aromatic rings. The molecular formula is C25H15Br2N. The highest BCUT2D eigenvalue weighted by atomic mass is 79.9. The fraction of sp³-hybridized carbons (Fsp3) is 0. The van der Waals surface area contributed by atoms with Gasteiger partial charge in [-0.2, -0.15) is 0 Å². The van der Waals surface area contributed by atoms with Crippen molar-refractivity contribution in [3.8, 4) is 22.3 Å². The Balaban J connectivity index is 1.88. The van der Waals surface area contributed by atoms with Crippen LogP contribution in [0, 0.1) is 0 Å². The Kier molecular flexibility index (Phi) is 4.50. The van der Waals surface area contributed by atoms with E-state index in [4.69, 9.17) is 4.98 Å². The van der Waals surface area contributed by atoms with Gasteiger partial charge in [0.05, 0.1) is 11.0 Å². The highest BCUT2D eigenvalue weighted by Gasteiger charge is 2.13. The fourth-order valence-corrected chi connectivity index (χ4v) is 4.18. The van der Waals surface area contributed by atoms with Crippen LogP contribution in [0.25, 0.3) is 44.1 Å². The lowest BCUT2D eigenvalue weighted by molar-refractivity contribution is 1.49. The van der Waals surface area contributed by atoms with Crippen LogP contribution in [-0.2, 0) is 0 Å². The number of halogens is 2. The maximum absolute atomic E-state index is 4.91. The van der Waals surface area contributed by atoms with Gasteiger partial charge in [-0.05, 0) is 64.7 Å². The standard InChI is InChI=1S/C25H15Br2N/c26-19-9-5-16(6-10-19)21-13-14-24-22(15-18-3-1-2-4-23(18)28-24)25(21)17-7-11-20(27)12-8-17/h1-15H. The van der Waals surface area contributed by atoms with Gasteiger partial charge in [0, 0.05) is 19.7 Å². The molecule has 0 aliphatic carbocycles. The van der Waals surface area contributed by atoms with Gasteiger partial charge in [0.25, 0.3) is 0 Å². The van der Waals surface area contributed by atoms with E-state index in [9.17, 15) is 0 Å². The molecule has 3 heteroatoms. The molecule has 0 saturated heterocycles. The number of hydrogen-bond acceptors (Lipinski definition) is 1. The van der Waals surface area contributed by atoms with Crippen molar-refractivity contribution < 1.29 is 0 Å². The van der Waals surface area contributed by atoms with Gasteiger partial charge in [-0.15, -0.1) is 0 Å². The van der Waals surface area contributed by atoms with Crippen LogP contribution < -0.4 is 0 Å². The SMILES string of the molecule is Brc1ccc(-c2ccc3nc4ccccc4cc3c2-c2ccc(Br)cc2)cc1. The molecular weight excluding hydrogens is 474 g/mol. The first kappa shape index (κ1) is 17.6. The highest BCUT2D eigenvalue weighted by Crippen LogP contribution is 2.39. The van der Waals surface area contributed by atoms with Crippen molar-refractivity contribution in [1.82, 2.24) is 4.98 Å². The molecule has 0 fully saturated rings. The van der Waals surface area contributed by atoms with Crippen LogP contribution in [0.15, 0.2) is 99.9 Å². The van der Waals surface area contributed by atoms with Gasteiger partial charge in [-0.25, -0.2) is 4.98 Å². The van der Waals surface area contributed by atoms with Crippen molar-refractivity contribution in [1.29, 1.82) is 0 Å². The quantitative estimate of drug-likeness (QED) is 0.228. The van der Waals surface area contributed by atoms with E-state index in [-0.39, 0.29) is 0 Å². The largest absolute Gasteiger partial charge is 0.248 e. The van der Waals surface area contributed by atoms with E-state index < -0.39 is 0 Å². The van der Waals surface area contributed by atoms with Gasteiger partial charge in [-0.3, -0.25) is 0 Å². The van der Waals surface area contributed by atoms with E-state index in [1.807, 2.05) is 6.07 Å². The van der Waals surface area contributed by atoms with E-state index in [1.54, 1.807) is 0 Å². The first-order valence-electron chi connectivity index (χ1n) is 9.03. The van der Waals surface area contributed by atoms with Crippen molar-refractivity contribution in [2.24, 2.45) is 0 Å². The lowest BCUT2D eigenvalue weighted by Crippen LogP contribution is -1.91. The second kappa shape index (κ2) is 7.16. The third-order valence-corrected chi connectivity index (χ3v) is 6.05. The minimum atomic E-state index is 1.01. The van der Waals surface area contributed by atoms with Crippen molar-refractivity contribution in [2.75, 3.05) is 0 Å². The Morgan fingerprint density at radius 2 is 1.21 bits per heavy atom. The molecule has 0 aliphatic heterocycles. The lowest BCUT2D eigenvalue weighted by atomic mass is 9.90. The maximum atomic E-state index is 4.91. The van der Waals surface area contributed by atoms with Gasteiger partial charge in [-0.1, -0.05) is 80.4 Å². The first-order chi connectivity index (χ1) is 13.7. The number of hydrogen-bond donors (Lipinski definition) is 0. The summed E-state index contributed by atoms with van der Waals surface area (Å²) >= 11 is 7.10. The number of benzene rings is 4. The summed E-state index contributed by atoms with van der Waals surface area (Å²) in [7, 11) is 0. The summed E-state index contributed by atoms with van der Waals surface area (Å²) in [5.41, 5.74) is 6.83. The van der Waals surface area contributed by atoms with Crippen LogP contribution in [0.4, 0.5) is 0 Å². The molecule has 0 bridgehead atoms. The third-order valence-electron chi connectivity index (χ3n) is 4.99. The monoisotopic (exact) mass is 487 g/mol. The topological polar surface area (TPSA) is 12.9 Å². The van der Waals surface area contributed by atoms with E-state index in [0.717, 1.165) is 25.4 Å². The third kappa shape index (κ3) is 3.15. The Morgan fingerprint density at radius 3 is 1.93 bits per heavy atom. The van der Waals surface area contributed by atoms with Crippen LogP contribution in [-0.4, -0.2) is 4.98 Å². The summed E-state index contributed by atoms with van der Waals surface area (Å²) in [4.78, 5) is 4.91. The number of nitrogens with zero attached hydrogens (tertiary/aromatic N) is 1. The average Bonchev–Trinajstić information content (AvgIpc) is 2.73. The minimum absolute atomic E-state index is 1.01. The lowest BCUT2D eigenvalue weighted by Gasteiger charge is -2.15. The smallest absolute Gasteiger partial charge is 0.0716 e. The van der Waals surface area contributed by atoms with Gasteiger partial charge in [0.2, 0.25) is 0 Å². The van der Waals surface area contributed by atoms with Gasteiger partial charge in [0.15, 0.2) is 0 Å². The molecule has 28 heavy (non-hydrogen) atoms. The van der Waals surface area contributed by atoms with Crippen LogP contribution in [0.3, 0.4) is 0 Å². The molecule has 0 spiro atoms. The maximum Gasteiger partial charge on any atom is 0.0716 e. The molecule has 0 radical (unpaired) electrons. The summed E-state index contributed by atoms with van der Waals surface area (Å²) in [5.74, 6) is 0. The summed E-state index contributed by atoms with van der Waals surface area (Å²) in [5, 5.41) is 2.32. The molecule has 0 amide bonds. The van der Waals surface area contributed by atoms with Crippen molar-refractivity contribution in [3.63, 3.8) is 0 Å². The van der Waals surface area contributed by atoms with E-state index in [0.29, 0.717) is 0 Å². The van der Waals surface area contributed by atoms with Crippen molar-refractivity contribution in [3.05, 3.63) is 99.9 Å². The van der Waals surface area contributed by atoms with Crippen molar-refractivity contribution in [2.45, 2.75) is 0 Å². The molecule has 0 aliphatic rings. The normalized spacial score (nSPS) is 11.2. The molecule has 5 rings (SSSR count). The van der Waals surface area contributed by atoms with Crippen LogP contribution in [0.2, 0.25) is 0 Å². The molecule has 134 valence electrons. The van der Waals surface area contributed by atoms with Gasteiger partial charge < -0.3 is 0 Å². The predicted octanol–water partition coefficient (Wildman–Crippen LogP) is 8.25. The van der Waals surface area contributed by atoms with Crippen LogP contribution in [0.5, 0.6) is 0 Å². The molecule has 0 N–H and O–H groups in total. The number of para-hydroxylation sites is 1. The first-order valence-corrected chi connectivity index (χ1v) is 10.6. The molecule has 0 unspecified atom stereocenters. The van der Waals surface area contributed by atoms with E-state index >= 15 is 0 Å². The number of pyridine rings is 1. The van der Waals surface area contributed by atoms with Gasteiger partial charge >= 0.3 is 0 Å². The molecule has 0 saturated carbocycles.